The number of likely N-dealkylation sites (N-methyl/N-ethyl adjacent to an activating group) is 1. The molecule has 1 fully saturated rings. The molecule has 0 bridgehead atoms. The molecule has 0 aliphatic carbocycles. The number of aromatic nitrogens is 3. The van der Waals surface area contributed by atoms with Crippen molar-refractivity contribution in [1.82, 2.24) is 19.9 Å². The molecule has 0 saturated carbocycles. The number of anilines is 2. The number of pyridine rings is 1. The van der Waals surface area contributed by atoms with Crippen LogP contribution in [-0.2, 0) is 13.1 Å². The molecular weight excluding hydrogens is 372 g/mol. The normalized spacial score (nSPS) is 17.0. The molecule has 4 heterocycles. The first-order valence-electron chi connectivity index (χ1n) is 10.5. The predicted octanol–water partition coefficient (Wildman–Crippen LogP) is 3.31. The zero-order valence-corrected chi connectivity index (χ0v) is 17.3. The van der Waals surface area contributed by atoms with Gasteiger partial charge in [-0.2, -0.15) is 0 Å². The van der Waals surface area contributed by atoms with Crippen LogP contribution in [0.4, 0.5) is 11.6 Å². The van der Waals surface area contributed by atoms with Gasteiger partial charge in [-0.15, -0.1) is 0 Å². The quantitative estimate of drug-likeness (QED) is 0.672. The molecule has 1 saturated heterocycles. The van der Waals surface area contributed by atoms with E-state index in [0.717, 1.165) is 56.5 Å². The van der Waals surface area contributed by atoms with E-state index >= 15 is 0 Å². The maximum Gasteiger partial charge on any atom is 0.226 e. The lowest BCUT2D eigenvalue weighted by molar-refractivity contribution is 0.313. The highest BCUT2D eigenvalue weighted by molar-refractivity contribution is 5.68. The van der Waals surface area contributed by atoms with Gasteiger partial charge in [0, 0.05) is 63.5 Å². The molecule has 1 aromatic carbocycles. The lowest BCUT2D eigenvalue weighted by atomic mass is 10.1. The van der Waals surface area contributed by atoms with Crippen molar-refractivity contribution in [3.63, 3.8) is 0 Å². The summed E-state index contributed by atoms with van der Waals surface area (Å²) >= 11 is 0. The van der Waals surface area contributed by atoms with Crippen LogP contribution in [0.5, 0.6) is 0 Å². The minimum Gasteiger partial charge on any atom is -0.369 e. The Kier molecular flexibility index (Phi) is 5.15. The first kappa shape index (κ1) is 18.8. The molecule has 2 aliphatic heterocycles. The molecule has 30 heavy (non-hydrogen) atoms. The molecule has 0 N–H and O–H groups in total. The number of rotatable bonds is 4. The van der Waals surface area contributed by atoms with Crippen molar-refractivity contribution in [2.75, 3.05) is 43.0 Å². The highest BCUT2D eigenvalue weighted by atomic mass is 15.3. The van der Waals surface area contributed by atoms with Crippen LogP contribution >= 0.6 is 0 Å². The van der Waals surface area contributed by atoms with E-state index in [9.17, 15) is 0 Å². The Hall–Kier alpha value is -3.25. The van der Waals surface area contributed by atoms with E-state index in [4.69, 9.17) is 4.98 Å². The average molecular weight is 399 g/mol. The number of nitrogens with zero attached hydrogens (tertiary/aromatic N) is 6. The van der Waals surface area contributed by atoms with E-state index in [1.165, 1.54) is 16.8 Å². The monoisotopic (exact) mass is 398 g/mol. The molecule has 0 unspecified atom stereocenters. The van der Waals surface area contributed by atoms with Crippen molar-refractivity contribution in [1.29, 1.82) is 0 Å². The van der Waals surface area contributed by atoms with Crippen molar-refractivity contribution >= 4 is 23.8 Å². The molecule has 0 atom stereocenters. The van der Waals surface area contributed by atoms with Crippen molar-refractivity contribution in [3.05, 3.63) is 77.4 Å². The Labute approximate surface area is 177 Å². The van der Waals surface area contributed by atoms with Gasteiger partial charge in [0.2, 0.25) is 5.95 Å². The highest BCUT2D eigenvalue weighted by Gasteiger charge is 2.23. The van der Waals surface area contributed by atoms with Gasteiger partial charge in [0.25, 0.3) is 0 Å². The summed E-state index contributed by atoms with van der Waals surface area (Å²) in [5, 5.41) is 0. The first-order valence-corrected chi connectivity index (χ1v) is 10.5. The highest BCUT2D eigenvalue weighted by Crippen LogP contribution is 2.30. The van der Waals surface area contributed by atoms with Crippen LogP contribution in [0.15, 0.2) is 55.0 Å². The number of fused-ring (bicyclic) bond motifs is 1. The summed E-state index contributed by atoms with van der Waals surface area (Å²) in [4.78, 5) is 20.5. The SMILES string of the molecule is CN1CCN(c2ccc3c(c2)CN(c2nccc(/C=C/c4ccncc4)n2)C3)CC1. The third-order valence-corrected chi connectivity index (χ3v) is 5.88. The number of hydrogen-bond acceptors (Lipinski definition) is 6. The molecule has 6 nitrogen and oxygen atoms in total. The molecule has 5 rings (SSSR count). The van der Waals surface area contributed by atoms with Crippen LogP contribution in [0.25, 0.3) is 12.2 Å². The molecule has 2 aliphatic rings. The lowest BCUT2D eigenvalue weighted by Gasteiger charge is -2.34. The summed E-state index contributed by atoms with van der Waals surface area (Å²) in [7, 11) is 2.19. The van der Waals surface area contributed by atoms with Gasteiger partial charge in [0.05, 0.1) is 5.69 Å². The predicted molar refractivity (Wildman–Crippen MR) is 121 cm³/mol. The summed E-state index contributed by atoms with van der Waals surface area (Å²) in [6.45, 7) is 6.14. The average Bonchev–Trinajstić information content (AvgIpc) is 3.23. The van der Waals surface area contributed by atoms with Crippen molar-refractivity contribution in [3.8, 4) is 0 Å². The van der Waals surface area contributed by atoms with Gasteiger partial charge in [-0.25, -0.2) is 9.97 Å². The zero-order chi connectivity index (χ0) is 20.3. The summed E-state index contributed by atoms with van der Waals surface area (Å²) in [6, 6.07) is 12.8. The molecule has 3 aromatic rings. The van der Waals surface area contributed by atoms with E-state index in [1.54, 1.807) is 12.4 Å². The molecule has 0 radical (unpaired) electrons. The molecule has 0 amide bonds. The van der Waals surface area contributed by atoms with E-state index in [-0.39, 0.29) is 0 Å². The Morgan fingerprint density at radius 3 is 2.43 bits per heavy atom. The van der Waals surface area contributed by atoms with E-state index in [2.05, 4.69) is 56.0 Å². The Balaban J connectivity index is 1.30. The largest absolute Gasteiger partial charge is 0.369 e. The van der Waals surface area contributed by atoms with E-state index in [1.807, 2.05) is 30.5 Å². The van der Waals surface area contributed by atoms with Crippen LogP contribution in [0.3, 0.4) is 0 Å². The number of hydrogen-bond donors (Lipinski definition) is 0. The summed E-state index contributed by atoms with van der Waals surface area (Å²) in [6.07, 6.45) is 9.50. The molecular formula is C24H26N6. The third kappa shape index (κ3) is 4.04. The minimum absolute atomic E-state index is 0.782. The van der Waals surface area contributed by atoms with Crippen molar-refractivity contribution in [2.45, 2.75) is 13.1 Å². The molecule has 2 aromatic heterocycles. The van der Waals surface area contributed by atoms with Gasteiger partial charge in [-0.1, -0.05) is 12.1 Å². The second kappa shape index (κ2) is 8.24. The van der Waals surface area contributed by atoms with Crippen LogP contribution in [0.1, 0.15) is 22.4 Å². The van der Waals surface area contributed by atoms with Gasteiger partial charge in [-0.3, -0.25) is 4.98 Å². The second-order valence-electron chi connectivity index (χ2n) is 7.99. The van der Waals surface area contributed by atoms with E-state index < -0.39 is 0 Å². The van der Waals surface area contributed by atoms with Crippen molar-refractivity contribution in [2.24, 2.45) is 0 Å². The standard InChI is InChI=1S/C24H26N6/c1-28-12-14-29(15-13-28)23-5-3-20-17-30(18-21(20)16-23)24-26-11-8-22(27-24)4-2-19-6-9-25-10-7-19/h2-11,16H,12-15,17-18H2,1H3/b4-2+. The van der Waals surface area contributed by atoms with Crippen LogP contribution in [0, 0.1) is 0 Å². The Bertz CT molecular complexity index is 1040. The fourth-order valence-corrected chi connectivity index (χ4v) is 4.05. The zero-order valence-electron chi connectivity index (χ0n) is 17.3. The summed E-state index contributed by atoms with van der Waals surface area (Å²) < 4.78 is 0. The van der Waals surface area contributed by atoms with Gasteiger partial charge in [0.15, 0.2) is 0 Å². The van der Waals surface area contributed by atoms with Gasteiger partial charge >= 0.3 is 0 Å². The first-order chi connectivity index (χ1) is 14.7. The van der Waals surface area contributed by atoms with Crippen LogP contribution in [-0.4, -0.2) is 53.1 Å². The maximum atomic E-state index is 4.77. The fraction of sp³-hybridized carbons (Fsp3) is 0.292. The van der Waals surface area contributed by atoms with Crippen molar-refractivity contribution < 1.29 is 0 Å². The second-order valence-corrected chi connectivity index (χ2v) is 7.99. The van der Waals surface area contributed by atoms with Gasteiger partial charge in [-0.05, 0) is 60.1 Å². The Morgan fingerprint density at radius 1 is 0.800 bits per heavy atom. The van der Waals surface area contributed by atoms with Crippen LogP contribution in [0.2, 0.25) is 0 Å². The maximum absolute atomic E-state index is 4.77. The Morgan fingerprint density at radius 2 is 1.60 bits per heavy atom. The summed E-state index contributed by atoms with van der Waals surface area (Å²) in [5.41, 5.74) is 6.10. The lowest BCUT2D eigenvalue weighted by Crippen LogP contribution is -2.44. The number of piperazine rings is 1. The molecule has 6 heteroatoms. The molecule has 0 spiro atoms. The number of benzene rings is 1. The minimum atomic E-state index is 0.782. The molecule has 152 valence electrons. The van der Waals surface area contributed by atoms with Gasteiger partial charge in [0.1, 0.15) is 0 Å². The van der Waals surface area contributed by atoms with E-state index in [0.29, 0.717) is 0 Å². The fourth-order valence-electron chi connectivity index (χ4n) is 4.05. The third-order valence-electron chi connectivity index (χ3n) is 5.88. The smallest absolute Gasteiger partial charge is 0.226 e. The summed E-state index contributed by atoms with van der Waals surface area (Å²) in [5.74, 6) is 0.782. The van der Waals surface area contributed by atoms with Crippen LogP contribution < -0.4 is 9.80 Å². The topological polar surface area (TPSA) is 48.4 Å². The van der Waals surface area contributed by atoms with Gasteiger partial charge < -0.3 is 14.7 Å².